The molecule has 0 bridgehead atoms. The van der Waals surface area contributed by atoms with E-state index in [1.807, 2.05) is 0 Å². The van der Waals surface area contributed by atoms with Gasteiger partial charge in [-0.25, -0.2) is 0 Å². The summed E-state index contributed by atoms with van der Waals surface area (Å²) in [6.07, 6.45) is 3.66. The van der Waals surface area contributed by atoms with Gasteiger partial charge in [-0.15, -0.1) is 0 Å². The Bertz CT molecular complexity index is 500. The largest absolute Gasteiger partial charge is 0.253 e. The van der Waals surface area contributed by atoms with Gasteiger partial charge in [0, 0.05) is 11.1 Å². The monoisotopic (exact) mass is 183 g/mol. The van der Waals surface area contributed by atoms with Crippen LogP contribution < -0.4 is 0 Å². The lowest BCUT2D eigenvalue weighted by Gasteiger charge is -2.03. The minimum atomic E-state index is 1.15. The van der Waals surface area contributed by atoms with Crippen LogP contribution >= 0.6 is 0 Å². The first-order valence-electron chi connectivity index (χ1n) is 5.22. The van der Waals surface area contributed by atoms with Gasteiger partial charge in [0.05, 0.1) is 5.52 Å². The highest BCUT2D eigenvalue weighted by Gasteiger charge is 2.12. The van der Waals surface area contributed by atoms with Crippen molar-refractivity contribution >= 4 is 10.9 Å². The van der Waals surface area contributed by atoms with Crippen LogP contribution in [0.25, 0.3) is 10.9 Å². The van der Waals surface area contributed by atoms with Crippen molar-refractivity contribution in [2.24, 2.45) is 0 Å². The molecule has 0 saturated carbocycles. The molecule has 1 aliphatic rings. The van der Waals surface area contributed by atoms with Gasteiger partial charge >= 0.3 is 0 Å². The molecule has 1 heteroatoms. The first-order chi connectivity index (χ1) is 6.83. The van der Waals surface area contributed by atoms with Crippen LogP contribution in [0.15, 0.2) is 24.3 Å². The molecule has 0 radical (unpaired) electrons. The lowest BCUT2D eigenvalue weighted by atomic mass is 10.1. The van der Waals surface area contributed by atoms with Crippen LogP contribution in [0, 0.1) is 6.92 Å². The zero-order valence-electron chi connectivity index (χ0n) is 8.38. The lowest BCUT2D eigenvalue weighted by molar-refractivity contribution is 0.901. The molecule has 2 aromatic rings. The number of fused-ring (bicyclic) bond motifs is 2. The SMILES string of the molecule is Cc1ccc2nc3c(cc2c1)CCC3. The third-order valence-corrected chi connectivity index (χ3v) is 3.00. The number of nitrogens with zero attached hydrogens (tertiary/aromatic N) is 1. The van der Waals surface area contributed by atoms with Gasteiger partial charge in [0.1, 0.15) is 0 Å². The summed E-state index contributed by atoms with van der Waals surface area (Å²) in [6, 6.07) is 8.80. The smallest absolute Gasteiger partial charge is 0.0705 e. The molecule has 1 aromatic heterocycles. The molecular formula is C13H13N. The predicted molar refractivity (Wildman–Crippen MR) is 58.5 cm³/mol. The van der Waals surface area contributed by atoms with Crippen molar-refractivity contribution in [3.8, 4) is 0 Å². The first-order valence-corrected chi connectivity index (χ1v) is 5.22. The number of rotatable bonds is 0. The molecule has 0 unspecified atom stereocenters. The first kappa shape index (κ1) is 7.98. The van der Waals surface area contributed by atoms with E-state index in [0.717, 1.165) is 5.52 Å². The fourth-order valence-electron chi connectivity index (χ4n) is 2.26. The maximum Gasteiger partial charge on any atom is 0.0705 e. The fraction of sp³-hybridized carbons (Fsp3) is 0.308. The Labute approximate surface area is 83.8 Å². The summed E-state index contributed by atoms with van der Waals surface area (Å²) in [7, 11) is 0. The second kappa shape index (κ2) is 2.81. The van der Waals surface area contributed by atoms with Gasteiger partial charge in [-0.05, 0) is 49.9 Å². The summed E-state index contributed by atoms with van der Waals surface area (Å²) < 4.78 is 0. The van der Waals surface area contributed by atoms with Crippen molar-refractivity contribution in [3.63, 3.8) is 0 Å². The van der Waals surface area contributed by atoms with Crippen LogP contribution in [0.4, 0.5) is 0 Å². The molecule has 1 heterocycles. The minimum absolute atomic E-state index is 1.15. The summed E-state index contributed by atoms with van der Waals surface area (Å²) in [5.74, 6) is 0. The zero-order chi connectivity index (χ0) is 9.54. The van der Waals surface area contributed by atoms with E-state index in [1.54, 1.807) is 0 Å². The van der Waals surface area contributed by atoms with Crippen molar-refractivity contribution in [3.05, 3.63) is 41.1 Å². The maximum absolute atomic E-state index is 4.70. The Morgan fingerprint density at radius 3 is 3.00 bits per heavy atom. The number of aromatic nitrogens is 1. The number of benzene rings is 1. The molecule has 0 aliphatic heterocycles. The number of pyridine rings is 1. The van der Waals surface area contributed by atoms with E-state index in [9.17, 15) is 0 Å². The Balaban J connectivity index is 2.33. The van der Waals surface area contributed by atoms with E-state index in [0.29, 0.717) is 0 Å². The second-order valence-electron chi connectivity index (χ2n) is 4.14. The lowest BCUT2D eigenvalue weighted by Crippen LogP contribution is -1.89. The van der Waals surface area contributed by atoms with Gasteiger partial charge in [-0.3, -0.25) is 4.98 Å². The Hall–Kier alpha value is -1.37. The highest BCUT2D eigenvalue weighted by molar-refractivity contribution is 5.80. The van der Waals surface area contributed by atoms with Crippen LogP contribution in [-0.4, -0.2) is 4.98 Å². The molecule has 1 nitrogen and oxygen atoms in total. The zero-order valence-corrected chi connectivity index (χ0v) is 8.38. The second-order valence-corrected chi connectivity index (χ2v) is 4.14. The van der Waals surface area contributed by atoms with Crippen molar-refractivity contribution in [2.45, 2.75) is 26.2 Å². The summed E-state index contributed by atoms with van der Waals surface area (Å²) in [5, 5.41) is 1.30. The summed E-state index contributed by atoms with van der Waals surface area (Å²) in [5.41, 5.74) is 5.25. The molecule has 3 rings (SSSR count). The van der Waals surface area contributed by atoms with Crippen molar-refractivity contribution in [1.82, 2.24) is 4.98 Å². The quantitative estimate of drug-likeness (QED) is 0.611. The standard InChI is InChI=1S/C13H13N/c1-9-5-6-13-11(7-9)8-10-3-2-4-12(10)14-13/h5-8H,2-4H2,1H3. The minimum Gasteiger partial charge on any atom is -0.253 e. The average molecular weight is 183 g/mol. The maximum atomic E-state index is 4.70. The Morgan fingerprint density at radius 1 is 1.14 bits per heavy atom. The third kappa shape index (κ3) is 1.12. The van der Waals surface area contributed by atoms with Gasteiger partial charge < -0.3 is 0 Å². The van der Waals surface area contributed by atoms with E-state index in [2.05, 4.69) is 31.2 Å². The molecule has 70 valence electrons. The summed E-state index contributed by atoms with van der Waals surface area (Å²) in [6.45, 7) is 2.13. The van der Waals surface area contributed by atoms with E-state index in [-0.39, 0.29) is 0 Å². The van der Waals surface area contributed by atoms with Gasteiger partial charge in [0.25, 0.3) is 0 Å². The van der Waals surface area contributed by atoms with Crippen molar-refractivity contribution in [1.29, 1.82) is 0 Å². The molecule has 1 aromatic carbocycles. The molecule has 14 heavy (non-hydrogen) atoms. The number of hydrogen-bond donors (Lipinski definition) is 0. The fourth-order valence-corrected chi connectivity index (χ4v) is 2.26. The van der Waals surface area contributed by atoms with Crippen molar-refractivity contribution < 1.29 is 0 Å². The molecule has 0 fully saturated rings. The van der Waals surface area contributed by atoms with Crippen molar-refractivity contribution in [2.75, 3.05) is 0 Å². The molecule has 0 spiro atoms. The highest BCUT2D eigenvalue weighted by atomic mass is 14.7. The van der Waals surface area contributed by atoms with Crippen LogP contribution in [-0.2, 0) is 12.8 Å². The number of hydrogen-bond acceptors (Lipinski definition) is 1. The van der Waals surface area contributed by atoms with E-state index >= 15 is 0 Å². The molecule has 0 saturated heterocycles. The normalized spacial score (nSPS) is 14.6. The Morgan fingerprint density at radius 2 is 2.07 bits per heavy atom. The van der Waals surface area contributed by atoms with E-state index < -0.39 is 0 Å². The third-order valence-electron chi connectivity index (χ3n) is 3.00. The van der Waals surface area contributed by atoms with Crippen LogP contribution in [0.2, 0.25) is 0 Å². The van der Waals surface area contributed by atoms with Crippen LogP contribution in [0.1, 0.15) is 23.2 Å². The van der Waals surface area contributed by atoms with Gasteiger partial charge in [-0.2, -0.15) is 0 Å². The van der Waals surface area contributed by atoms with Gasteiger partial charge in [0.2, 0.25) is 0 Å². The van der Waals surface area contributed by atoms with Crippen LogP contribution in [0.5, 0.6) is 0 Å². The Kier molecular flexibility index (Phi) is 1.60. The molecule has 1 aliphatic carbocycles. The molecule has 0 N–H and O–H groups in total. The summed E-state index contributed by atoms with van der Waals surface area (Å²) in [4.78, 5) is 4.70. The highest BCUT2D eigenvalue weighted by Crippen LogP contribution is 2.24. The molecule has 0 atom stereocenters. The average Bonchev–Trinajstić information content (AvgIpc) is 2.61. The summed E-state index contributed by atoms with van der Waals surface area (Å²) >= 11 is 0. The van der Waals surface area contributed by atoms with Gasteiger partial charge in [-0.1, -0.05) is 11.6 Å². The molecule has 0 amide bonds. The van der Waals surface area contributed by atoms with E-state index in [1.165, 1.54) is 41.5 Å². The van der Waals surface area contributed by atoms with E-state index in [4.69, 9.17) is 4.98 Å². The topological polar surface area (TPSA) is 12.9 Å². The predicted octanol–water partition coefficient (Wildman–Crippen LogP) is 3.03. The molecular weight excluding hydrogens is 170 g/mol. The van der Waals surface area contributed by atoms with Crippen LogP contribution in [0.3, 0.4) is 0 Å². The van der Waals surface area contributed by atoms with Gasteiger partial charge in [0.15, 0.2) is 0 Å². The number of aryl methyl sites for hydroxylation is 3.